The van der Waals surface area contributed by atoms with Crippen molar-refractivity contribution in [3.05, 3.63) is 30.3 Å². The quantitative estimate of drug-likeness (QED) is 0.682. The molecule has 0 amide bonds. The summed E-state index contributed by atoms with van der Waals surface area (Å²) < 4.78 is 19.0. The third-order valence-electron chi connectivity index (χ3n) is 3.17. The van der Waals surface area contributed by atoms with Gasteiger partial charge < -0.3 is 13.3 Å². The maximum absolute atomic E-state index is 6.48. The highest BCUT2D eigenvalue weighted by atomic mass is 28.4. The van der Waals surface area contributed by atoms with E-state index < -0.39 is 8.80 Å². The van der Waals surface area contributed by atoms with Gasteiger partial charge >= 0.3 is 8.80 Å². The van der Waals surface area contributed by atoms with Crippen molar-refractivity contribution in [3.63, 3.8) is 0 Å². The monoisotopic (exact) mass is 310 g/mol. The standard InChI is InChI=1S/C17H30O3Si/c1-8-17(6,7)20-21(18-14(2)3,19-15(4)5)16-12-10-9-11-13-16/h9-15H,8H2,1-7H3. The maximum Gasteiger partial charge on any atom is 0.538 e. The molecule has 0 fully saturated rings. The minimum absolute atomic E-state index is 0.0447. The van der Waals surface area contributed by atoms with Crippen molar-refractivity contribution in [1.82, 2.24) is 0 Å². The normalized spacial score (nSPS) is 13.2. The molecule has 0 atom stereocenters. The molecule has 0 aromatic heterocycles. The molecule has 0 spiro atoms. The highest BCUT2D eigenvalue weighted by Gasteiger charge is 2.49. The molecule has 0 N–H and O–H groups in total. The summed E-state index contributed by atoms with van der Waals surface area (Å²) in [5.41, 5.74) is -0.286. The van der Waals surface area contributed by atoms with Crippen LogP contribution in [0.25, 0.3) is 0 Å². The molecule has 0 saturated heterocycles. The zero-order valence-electron chi connectivity index (χ0n) is 14.5. The van der Waals surface area contributed by atoms with E-state index >= 15 is 0 Å². The van der Waals surface area contributed by atoms with Gasteiger partial charge in [0.05, 0.1) is 5.60 Å². The molecule has 1 rings (SSSR count). The Balaban J connectivity index is 3.27. The fraction of sp³-hybridized carbons (Fsp3) is 0.647. The van der Waals surface area contributed by atoms with Gasteiger partial charge in [0.25, 0.3) is 0 Å². The lowest BCUT2D eigenvalue weighted by atomic mass is 10.1. The first-order chi connectivity index (χ1) is 9.71. The van der Waals surface area contributed by atoms with E-state index in [1.54, 1.807) is 0 Å². The Kier molecular flexibility index (Phi) is 6.59. The minimum Gasteiger partial charge on any atom is -0.367 e. The Morgan fingerprint density at radius 2 is 1.43 bits per heavy atom. The third kappa shape index (κ3) is 5.55. The summed E-state index contributed by atoms with van der Waals surface area (Å²) in [6.45, 7) is 14.4. The lowest BCUT2D eigenvalue weighted by molar-refractivity contribution is -0.0281. The zero-order chi connectivity index (χ0) is 16.1. The van der Waals surface area contributed by atoms with E-state index in [9.17, 15) is 0 Å². The summed E-state index contributed by atoms with van der Waals surface area (Å²) in [6.07, 6.45) is 0.990. The van der Waals surface area contributed by atoms with E-state index in [2.05, 4.69) is 20.8 Å². The first-order valence-electron chi connectivity index (χ1n) is 7.82. The smallest absolute Gasteiger partial charge is 0.367 e. The average molecular weight is 311 g/mol. The Labute approximate surface area is 131 Å². The van der Waals surface area contributed by atoms with E-state index in [0.717, 1.165) is 11.6 Å². The van der Waals surface area contributed by atoms with E-state index in [-0.39, 0.29) is 17.8 Å². The minimum atomic E-state index is -2.95. The predicted molar refractivity (Wildman–Crippen MR) is 89.7 cm³/mol. The third-order valence-corrected chi connectivity index (χ3v) is 6.60. The number of benzene rings is 1. The van der Waals surface area contributed by atoms with Crippen LogP contribution in [0.3, 0.4) is 0 Å². The highest BCUT2D eigenvalue weighted by Crippen LogP contribution is 2.25. The number of hydrogen-bond acceptors (Lipinski definition) is 3. The molecule has 0 heterocycles. The van der Waals surface area contributed by atoms with Crippen molar-refractivity contribution >= 4 is 14.0 Å². The van der Waals surface area contributed by atoms with Crippen LogP contribution in [-0.2, 0) is 13.3 Å². The summed E-state index contributed by atoms with van der Waals surface area (Å²) in [5.74, 6) is 0. The fourth-order valence-electron chi connectivity index (χ4n) is 1.97. The maximum atomic E-state index is 6.48. The summed E-state index contributed by atoms with van der Waals surface area (Å²) >= 11 is 0. The first-order valence-corrected chi connectivity index (χ1v) is 9.54. The molecule has 0 aliphatic rings. The van der Waals surface area contributed by atoms with Gasteiger partial charge in [-0.2, -0.15) is 0 Å². The van der Waals surface area contributed by atoms with Crippen LogP contribution >= 0.6 is 0 Å². The van der Waals surface area contributed by atoms with Crippen molar-refractivity contribution in [2.45, 2.75) is 72.7 Å². The van der Waals surface area contributed by atoms with Gasteiger partial charge in [0.1, 0.15) is 0 Å². The van der Waals surface area contributed by atoms with Gasteiger partial charge in [-0.05, 0) is 48.0 Å². The van der Waals surface area contributed by atoms with Crippen LogP contribution in [0.5, 0.6) is 0 Å². The Bertz CT molecular complexity index is 405. The molecule has 0 bridgehead atoms. The molecule has 0 aliphatic heterocycles. The molecule has 1 aromatic carbocycles. The van der Waals surface area contributed by atoms with Crippen LogP contribution in [-0.4, -0.2) is 26.6 Å². The summed E-state index contributed by atoms with van der Waals surface area (Å²) in [7, 11) is -2.95. The van der Waals surface area contributed by atoms with E-state index in [1.165, 1.54) is 0 Å². The molecule has 21 heavy (non-hydrogen) atoms. The fourth-order valence-corrected chi connectivity index (χ4v) is 5.23. The lowest BCUT2D eigenvalue weighted by Gasteiger charge is -2.39. The molecule has 4 heteroatoms. The summed E-state index contributed by atoms with van der Waals surface area (Å²) in [6, 6.07) is 10.1. The Morgan fingerprint density at radius 1 is 0.952 bits per heavy atom. The molecule has 1 aromatic rings. The average Bonchev–Trinajstić information content (AvgIpc) is 2.37. The summed E-state index contributed by atoms with van der Waals surface area (Å²) in [4.78, 5) is 0. The van der Waals surface area contributed by atoms with Gasteiger partial charge in [0, 0.05) is 17.4 Å². The SMILES string of the molecule is CCC(C)(C)O[Si](OC(C)C)(OC(C)C)c1ccccc1. The Hall–Kier alpha value is -0.683. The lowest BCUT2D eigenvalue weighted by Crippen LogP contribution is -2.62. The van der Waals surface area contributed by atoms with E-state index in [4.69, 9.17) is 13.3 Å². The highest BCUT2D eigenvalue weighted by molar-refractivity contribution is 6.75. The molecule has 120 valence electrons. The van der Waals surface area contributed by atoms with E-state index in [0.29, 0.717) is 0 Å². The van der Waals surface area contributed by atoms with Crippen LogP contribution in [0, 0.1) is 0 Å². The Morgan fingerprint density at radius 3 is 1.81 bits per heavy atom. The molecular weight excluding hydrogens is 280 g/mol. The second-order valence-corrected chi connectivity index (χ2v) is 8.84. The molecular formula is C17H30O3Si. The van der Waals surface area contributed by atoms with Gasteiger partial charge in [0.15, 0.2) is 0 Å². The van der Waals surface area contributed by atoms with Crippen molar-refractivity contribution < 1.29 is 13.3 Å². The van der Waals surface area contributed by atoms with Gasteiger partial charge in [-0.3, -0.25) is 0 Å². The predicted octanol–water partition coefficient (Wildman–Crippen LogP) is 3.89. The van der Waals surface area contributed by atoms with Gasteiger partial charge in [-0.15, -0.1) is 0 Å². The van der Waals surface area contributed by atoms with Gasteiger partial charge in [-0.1, -0.05) is 37.3 Å². The molecule has 0 aliphatic carbocycles. The van der Waals surface area contributed by atoms with Crippen molar-refractivity contribution in [2.75, 3.05) is 0 Å². The van der Waals surface area contributed by atoms with Gasteiger partial charge in [-0.25, -0.2) is 0 Å². The largest absolute Gasteiger partial charge is 0.538 e. The van der Waals surface area contributed by atoms with Gasteiger partial charge in [0.2, 0.25) is 0 Å². The van der Waals surface area contributed by atoms with Crippen LogP contribution in [0.1, 0.15) is 54.9 Å². The number of rotatable bonds is 8. The van der Waals surface area contributed by atoms with E-state index in [1.807, 2.05) is 58.0 Å². The topological polar surface area (TPSA) is 27.7 Å². The van der Waals surface area contributed by atoms with Crippen LogP contribution in [0.4, 0.5) is 0 Å². The second kappa shape index (κ2) is 7.54. The van der Waals surface area contributed by atoms with Crippen LogP contribution in [0.15, 0.2) is 30.3 Å². The second-order valence-electron chi connectivity index (χ2n) is 6.47. The molecule has 3 nitrogen and oxygen atoms in total. The molecule has 0 saturated carbocycles. The zero-order valence-corrected chi connectivity index (χ0v) is 15.5. The van der Waals surface area contributed by atoms with Crippen LogP contribution < -0.4 is 5.19 Å². The first kappa shape index (κ1) is 18.4. The van der Waals surface area contributed by atoms with Crippen molar-refractivity contribution in [1.29, 1.82) is 0 Å². The summed E-state index contributed by atoms with van der Waals surface area (Å²) in [5, 5.41) is 1.02. The number of hydrogen-bond donors (Lipinski definition) is 0. The molecule has 0 unspecified atom stereocenters. The molecule has 0 radical (unpaired) electrons. The van der Waals surface area contributed by atoms with Crippen molar-refractivity contribution in [2.24, 2.45) is 0 Å². The van der Waals surface area contributed by atoms with Crippen LogP contribution in [0.2, 0.25) is 0 Å². The van der Waals surface area contributed by atoms with Crippen molar-refractivity contribution in [3.8, 4) is 0 Å².